The summed E-state index contributed by atoms with van der Waals surface area (Å²) in [5.74, 6) is 0.300. The van der Waals surface area contributed by atoms with Crippen LogP contribution in [0.25, 0.3) is 0 Å². The Kier molecular flexibility index (Phi) is 4.60. The van der Waals surface area contributed by atoms with Crippen molar-refractivity contribution in [2.24, 2.45) is 5.73 Å². The molecule has 0 aromatic heterocycles. The van der Waals surface area contributed by atoms with Crippen LogP contribution in [-0.2, 0) is 14.6 Å². The van der Waals surface area contributed by atoms with E-state index >= 15 is 0 Å². The van der Waals surface area contributed by atoms with E-state index in [1.165, 1.54) is 12.1 Å². The van der Waals surface area contributed by atoms with E-state index in [0.29, 0.717) is 17.2 Å². The van der Waals surface area contributed by atoms with Gasteiger partial charge in [0, 0.05) is 18.4 Å². The van der Waals surface area contributed by atoms with Crippen molar-refractivity contribution in [2.75, 3.05) is 24.1 Å². The van der Waals surface area contributed by atoms with Crippen LogP contribution in [0.1, 0.15) is 6.42 Å². The average Bonchev–Trinajstić information content (AvgIpc) is 2.82. The highest BCUT2D eigenvalue weighted by molar-refractivity contribution is 7.90. The second-order valence-electron chi connectivity index (χ2n) is 4.70. The number of anilines is 1. The molecule has 0 bridgehead atoms. The quantitative estimate of drug-likeness (QED) is 0.823. The van der Waals surface area contributed by atoms with Crippen LogP contribution < -0.4 is 20.5 Å². The molecule has 1 heterocycles. The lowest BCUT2D eigenvalue weighted by molar-refractivity contribution is -0.117. The Hall–Kier alpha value is -1.51. The van der Waals surface area contributed by atoms with E-state index in [4.69, 9.17) is 26.8 Å². The summed E-state index contributed by atoms with van der Waals surface area (Å²) in [6, 6.07) is 2.12. The summed E-state index contributed by atoms with van der Waals surface area (Å²) in [5.41, 5.74) is 5.99. The molecular formula is C12H15ClN2O5S. The van der Waals surface area contributed by atoms with Gasteiger partial charge in [0.1, 0.15) is 9.84 Å². The smallest absolute Gasteiger partial charge is 0.241 e. The number of ether oxygens (including phenoxy) is 2. The molecule has 0 aliphatic carbocycles. The van der Waals surface area contributed by atoms with Crippen LogP contribution in [0.2, 0.25) is 5.02 Å². The maximum atomic E-state index is 11.9. The van der Waals surface area contributed by atoms with Gasteiger partial charge in [-0.3, -0.25) is 4.79 Å². The van der Waals surface area contributed by atoms with Crippen molar-refractivity contribution in [1.82, 2.24) is 0 Å². The highest BCUT2D eigenvalue weighted by Gasteiger charge is 2.20. The fraction of sp³-hybridized carbons (Fsp3) is 0.417. The number of amides is 1. The SMILES string of the molecule is CS(=O)(=O)CCC(N)C(=O)Nc1cc2c(cc1Cl)OCO2. The molecule has 1 aliphatic rings. The second kappa shape index (κ2) is 6.08. The third-order valence-electron chi connectivity index (χ3n) is 2.86. The van der Waals surface area contributed by atoms with Crippen molar-refractivity contribution < 1.29 is 22.7 Å². The summed E-state index contributed by atoms with van der Waals surface area (Å²) in [7, 11) is -3.16. The number of fused-ring (bicyclic) bond motifs is 1. The van der Waals surface area contributed by atoms with E-state index in [2.05, 4.69) is 5.32 Å². The van der Waals surface area contributed by atoms with Gasteiger partial charge in [-0.2, -0.15) is 0 Å². The van der Waals surface area contributed by atoms with E-state index in [-0.39, 0.29) is 24.0 Å². The summed E-state index contributed by atoms with van der Waals surface area (Å²) in [6.07, 6.45) is 1.12. The summed E-state index contributed by atoms with van der Waals surface area (Å²) in [5, 5.41) is 2.83. The second-order valence-corrected chi connectivity index (χ2v) is 7.37. The molecule has 0 saturated heterocycles. The Bertz CT molecular complexity index is 662. The minimum absolute atomic E-state index is 0.0346. The molecule has 9 heteroatoms. The number of rotatable bonds is 5. The lowest BCUT2D eigenvalue weighted by Crippen LogP contribution is -2.37. The van der Waals surface area contributed by atoms with Crippen LogP contribution in [0.4, 0.5) is 5.69 Å². The van der Waals surface area contributed by atoms with E-state index in [1.54, 1.807) is 0 Å². The average molecular weight is 335 g/mol. The van der Waals surface area contributed by atoms with Gasteiger partial charge in [-0.25, -0.2) is 8.42 Å². The van der Waals surface area contributed by atoms with Crippen molar-refractivity contribution >= 4 is 33.0 Å². The number of nitrogens with one attached hydrogen (secondary N) is 1. The third kappa shape index (κ3) is 4.23. The molecule has 7 nitrogen and oxygen atoms in total. The van der Waals surface area contributed by atoms with Crippen LogP contribution in [0.15, 0.2) is 12.1 Å². The predicted octanol–water partition coefficient (Wildman–Crippen LogP) is 0.769. The number of benzene rings is 1. The molecule has 0 fully saturated rings. The van der Waals surface area contributed by atoms with Gasteiger partial charge in [0.2, 0.25) is 12.7 Å². The number of hydrogen-bond acceptors (Lipinski definition) is 6. The molecule has 1 atom stereocenters. The van der Waals surface area contributed by atoms with Crippen LogP contribution in [0.3, 0.4) is 0 Å². The van der Waals surface area contributed by atoms with Crippen LogP contribution in [0, 0.1) is 0 Å². The van der Waals surface area contributed by atoms with E-state index in [9.17, 15) is 13.2 Å². The molecule has 1 aromatic rings. The highest BCUT2D eigenvalue weighted by atomic mass is 35.5. The Morgan fingerprint density at radius 1 is 1.43 bits per heavy atom. The normalized spacial score (nSPS) is 14.8. The zero-order valence-electron chi connectivity index (χ0n) is 11.3. The first-order chi connectivity index (χ1) is 9.76. The Morgan fingerprint density at radius 2 is 2.05 bits per heavy atom. The minimum Gasteiger partial charge on any atom is -0.454 e. The van der Waals surface area contributed by atoms with E-state index in [0.717, 1.165) is 6.26 Å². The van der Waals surface area contributed by atoms with Gasteiger partial charge >= 0.3 is 0 Å². The summed E-state index contributed by atoms with van der Waals surface area (Å²) >= 11 is 6.02. The van der Waals surface area contributed by atoms with Gasteiger partial charge in [0.15, 0.2) is 11.5 Å². The number of carbonyl (C=O) groups excluding carboxylic acids is 1. The Labute approximate surface area is 127 Å². The molecule has 0 saturated carbocycles. The van der Waals surface area contributed by atoms with Crippen LogP contribution in [0.5, 0.6) is 11.5 Å². The molecule has 3 N–H and O–H groups in total. The van der Waals surface area contributed by atoms with Crippen molar-refractivity contribution in [3.8, 4) is 11.5 Å². The van der Waals surface area contributed by atoms with E-state index in [1.807, 2.05) is 0 Å². The third-order valence-corrected chi connectivity index (χ3v) is 4.15. The van der Waals surface area contributed by atoms with Crippen molar-refractivity contribution in [1.29, 1.82) is 0 Å². The first kappa shape index (κ1) is 15.9. The number of carbonyl (C=O) groups is 1. The van der Waals surface area contributed by atoms with Gasteiger partial charge in [-0.05, 0) is 6.42 Å². The standard InChI is InChI=1S/C12H15ClN2O5S/c1-21(17,18)3-2-8(14)12(16)15-9-5-11-10(4-7(9)13)19-6-20-11/h4-5,8H,2-3,6,14H2,1H3,(H,15,16). The molecule has 0 spiro atoms. The maximum Gasteiger partial charge on any atom is 0.241 e. The molecule has 2 rings (SSSR count). The number of halogens is 1. The number of sulfone groups is 1. The molecule has 21 heavy (non-hydrogen) atoms. The largest absolute Gasteiger partial charge is 0.454 e. The zero-order chi connectivity index (χ0) is 15.6. The Balaban J connectivity index is 2.02. The lowest BCUT2D eigenvalue weighted by atomic mass is 10.2. The fourth-order valence-corrected chi connectivity index (χ4v) is 2.59. The number of nitrogens with two attached hydrogens (primary N) is 1. The molecule has 1 amide bonds. The first-order valence-corrected chi connectivity index (χ1v) is 8.53. The summed E-state index contributed by atoms with van der Waals surface area (Å²) < 4.78 is 32.5. The fourth-order valence-electron chi connectivity index (χ4n) is 1.71. The molecule has 116 valence electrons. The summed E-state index contributed by atoms with van der Waals surface area (Å²) in [4.78, 5) is 11.9. The molecule has 0 radical (unpaired) electrons. The van der Waals surface area contributed by atoms with Crippen LogP contribution in [-0.4, -0.2) is 39.2 Å². The Morgan fingerprint density at radius 3 is 2.67 bits per heavy atom. The van der Waals surface area contributed by atoms with Gasteiger partial charge in [0.05, 0.1) is 22.5 Å². The molecule has 1 aliphatic heterocycles. The van der Waals surface area contributed by atoms with Gasteiger partial charge in [-0.15, -0.1) is 0 Å². The predicted molar refractivity (Wildman–Crippen MR) is 78.5 cm³/mol. The first-order valence-electron chi connectivity index (χ1n) is 6.09. The van der Waals surface area contributed by atoms with Gasteiger partial charge in [0.25, 0.3) is 0 Å². The van der Waals surface area contributed by atoms with Crippen LogP contribution >= 0.6 is 11.6 Å². The number of hydrogen-bond donors (Lipinski definition) is 2. The van der Waals surface area contributed by atoms with E-state index < -0.39 is 21.8 Å². The monoisotopic (exact) mass is 334 g/mol. The van der Waals surface area contributed by atoms with Crippen molar-refractivity contribution in [3.63, 3.8) is 0 Å². The van der Waals surface area contributed by atoms with Crippen molar-refractivity contribution in [2.45, 2.75) is 12.5 Å². The minimum atomic E-state index is -3.16. The maximum absolute atomic E-state index is 11.9. The lowest BCUT2D eigenvalue weighted by Gasteiger charge is -2.13. The zero-order valence-corrected chi connectivity index (χ0v) is 12.8. The van der Waals surface area contributed by atoms with Crippen molar-refractivity contribution in [3.05, 3.63) is 17.2 Å². The molecule has 1 aromatic carbocycles. The van der Waals surface area contributed by atoms with Gasteiger partial charge in [-0.1, -0.05) is 11.6 Å². The van der Waals surface area contributed by atoms with Gasteiger partial charge < -0.3 is 20.5 Å². The summed E-state index contributed by atoms with van der Waals surface area (Å²) in [6.45, 7) is 0.0942. The topological polar surface area (TPSA) is 108 Å². The highest BCUT2D eigenvalue weighted by Crippen LogP contribution is 2.39. The molecule has 1 unspecified atom stereocenters. The molecular weight excluding hydrogens is 320 g/mol.